The molecule has 1 aliphatic heterocycles. The van der Waals surface area contributed by atoms with Crippen LogP contribution in [-0.2, 0) is 19.0 Å². The third kappa shape index (κ3) is 1.95. The van der Waals surface area contributed by atoms with Gasteiger partial charge in [0, 0.05) is 24.7 Å². The van der Waals surface area contributed by atoms with E-state index in [1.165, 1.54) is 0 Å². The van der Waals surface area contributed by atoms with Crippen LogP contribution in [0.25, 0.3) is 0 Å². The SMILES string of the molecule is Cc1nc(N2CCn3cnnc3C2)ccc1CCl. The van der Waals surface area contributed by atoms with Gasteiger partial charge in [-0.1, -0.05) is 6.07 Å². The summed E-state index contributed by atoms with van der Waals surface area (Å²) in [6.07, 6.45) is 1.78. The van der Waals surface area contributed by atoms with Crippen LogP contribution in [0.5, 0.6) is 0 Å². The maximum atomic E-state index is 5.85. The Morgan fingerprint density at radius 2 is 2.22 bits per heavy atom. The van der Waals surface area contributed by atoms with Gasteiger partial charge in [0.2, 0.25) is 0 Å². The number of aromatic nitrogens is 4. The molecule has 5 nitrogen and oxygen atoms in total. The minimum atomic E-state index is 0.507. The second kappa shape index (κ2) is 4.57. The molecule has 6 heteroatoms. The van der Waals surface area contributed by atoms with Gasteiger partial charge in [0.25, 0.3) is 0 Å². The minimum absolute atomic E-state index is 0.507. The fourth-order valence-electron chi connectivity index (χ4n) is 2.16. The van der Waals surface area contributed by atoms with Gasteiger partial charge in [0.1, 0.15) is 12.1 Å². The first-order valence-corrected chi connectivity index (χ1v) is 6.45. The van der Waals surface area contributed by atoms with Crippen molar-refractivity contribution < 1.29 is 0 Å². The quantitative estimate of drug-likeness (QED) is 0.775. The molecule has 2 aromatic rings. The first kappa shape index (κ1) is 11.5. The lowest BCUT2D eigenvalue weighted by atomic mass is 10.2. The monoisotopic (exact) mass is 263 g/mol. The summed E-state index contributed by atoms with van der Waals surface area (Å²) in [6.45, 7) is 4.58. The lowest BCUT2D eigenvalue weighted by Gasteiger charge is -2.28. The van der Waals surface area contributed by atoms with Crippen LogP contribution < -0.4 is 4.90 Å². The molecule has 0 N–H and O–H groups in total. The molecule has 18 heavy (non-hydrogen) atoms. The van der Waals surface area contributed by atoms with E-state index in [0.717, 1.165) is 42.5 Å². The maximum Gasteiger partial charge on any atom is 0.152 e. The van der Waals surface area contributed by atoms with Crippen LogP contribution in [0.3, 0.4) is 0 Å². The highest BCUT2D eigenvalue weighted by Crippen LogP contribution is 2.20. The summed E-state index contributed by atoms with van der Waals surface area (Å²) in [5.41, 5.74) is 2.08. The Balaban J connectivity index is 1.86. The molecule has 0 amide bonds. The lowest BCUT2D eigenvalue weighted by Crippen LogP contribution is -2.34. The molecular formula is C12H14ClN5. The molecule has 1 aliphatic rings. The van der Waals surface area contributed by atoms with Crippen molar-refractivity contribution in [2.75, 3.05) is 11.4 Å². The molecule has 0 aromatic carbocycles. The van der Waals surface area contributed by atoms with Crippen molar-refractivity contribution in [2.24, 2.45) is 0 Å². The van der Waals surface area contributed by atoms with Crippen molar-refractivity contribution in [2.45, 2.75) is 25.9 Å². The second-order valence-electron chi connectivity index (χ2n) is 4.41. The molecule has 0 saturated carbocycles. The number of hydrogen-bond donors (Lipinski definition) is 0. The molecular weight excluding hydrogens is 250 g/mol. The van der Waals surface area contributed by atoms with E-state index in [1.54, 1.807) is 6.33 Å². The van der Waals surface area contributed by atoms with Gasteiger partial charge < -0.3 is 9.47 Å². The average Bonchev–Trinajstić information content (AvgIpc) is 2.85. The van der Waals surface area contributed by atoms with Gasteiger partial charge in [-0.3, -0.25) is 0 Å². The van der Waals surface area contributed by atoms with Crippen LogP contribution >= 0.6 is 11.6 Å². The highest BCUT2D eigenvalue weighted by Gasteiger charge is 2.18. The molecule has 3 heterocycles. The number of pyridine rings is 1. The molecule has 0 saturated heterocycles. The number of alkyl halides is 1. The van der Waals surface area contributed by atoms with Gasteiger partial charge in [-0.05, 0) is 18.6 Å². The fourth-order valence-corrected chi connectivity index (χ4v) is 2.44. The van der Waals surface area contributed by atoms with Gasteiger partial charge in [-0.25, -0.2) is 4.98 Å². The van der Waals surface area contributed by atoms with Gasteiger partial charge >= 0.3 is 0 Å². The largest absolute Gasteiger partial charge is 0.347 e. The second-order valence-corrected chi connectivity index (χ2v) is 4.68. The Morgan fingerprint density at radius 1 is 1.33 bits per heavy atom. The lowest BCUT2D eigenvalue weighted by molar-refractivity contribution is 0.556. The third-order valence-corrected chi connectivity index (χ3v) is 3.58. The molecule has 0 aliphatic carbocycles. The van der Waals surface area contributed by atoms with Crippen molar-refractivity contribution in [1.82, 2.24) is 19.7 Å². The van der Waals surface area contributed by atoms with Crippen LogP contribution in [0.15, 0.2) is 18.5 Å². The normalized spacial score (nSPS) is 14.7. The van der Waals surface area contributed by atoms with Crippen molar-refractivity contribution in [3.05, 3.63) is 35.5 Å². The zero-order valence-corrected chi connectivity index (χ0v) is 10.9. The number of nitrogens with zero attached hydrogens (tertiary/aromatic N) is 5. The summed E-state index contributed by atoms with van der Waals surface area (Å²) in [6, 6.07) is 4.07. The summed E-state index contributed by atoms with van der Waals surface area (Å²) in [7, 11) is 0. The Hall–Kier alpha value is -1.62. The van der Waals surface area contributed by atoms with Gasteiger partial charge in [0.15, 0.2) is 5.82 Å². The van der Waals surface area contributed by atoms with Gasteiger partial charge in [-0.2, -0.15) is 0 Å². The standard InChI is InChI=1S/C12H14ClN5/c1-9-10(6-13)2-3-11(15-9)17-4-5-18-8-14-16-12(18)7-17/h2-3,8H,4-7H2,1H3. The fraction of sp³-hybridized carbons (Fsp3) is 0.417. The molecule has 0 radical (unpaired) electrons. The Morgan fingerprint density at radius 3 is 3.00 bits per heavy atom. The average molecular weight is 264 g/mol. The van der Waals surface area contributed by atoms with E-state index in [1.807, 2.05) is 19.1 Å². The van der Waals surface area contributed by atoms with E-state index < -0.39 is 0 Å². The van der Waals surface area contributed by atoms with Crippen LogP contribution in [-0.4, -0.2) is 26.3 Å². The minimum Gasteiger partial charge on any atom is -0.347 e. The highest BCUT2D eigenvalue weighted by molar-refractivity contribution is 6.17. The van der Waals surface area contributed by atoms with Crippen LogP contribution in [0, 0.1) is 6.92 Å². The molecule has 94 valence electrons. The van der Waals surface area contributed by atoms with Crippen molar-refractivity contribution in [3.63, 3.8) is 0 Å². The number of hydrogen-bond acceptors (Lipinski definition) is 4. The zero-order chi connectivity index (χ0) is 12.5. The van der Waals surface area contributed by atoms with Gasteiger partial charge in [0.05, 0.1) is 6.54 Å². The van der Waals surface area contributed by atoms with E-state index in [0.29, 0.717) is 5.88 Å². The maximum absolute atomic E-state index is 5.85. The number of anilines is 1. The Kier molecular flexibility index (Phi) is 2.91. The third-order valence-electron chi connectivity index (χ3n) is 3.29. The number of aryl methyl sites for hydroxylation is 1. The predicted octanol–water partition coefficient (Wildman–Crippen LogP) is 1.74. The summed E-state index contributed by atoms with van der Waals surface area (Å²) < 4.78 is 2.08. The predicted molar refractivity (Wildman–Crippen MR) is 69.6 cm³/mol. The summed E-state index contributed by atoms with van der Waals surface area (Å²) in [4.78, 5) is 6.83. The number of rotatable bonds is 2. The number of halogens is 1. The smallest absolute Gasteiger partial charge is 0.152 e. The molecule has 2 aromatic heterocycles. The van der Waals surface area contributed by atoms with E-state index in [-0.39, 0.29) is 0 Å². The topological polar surface area (TPSA) is 46.8 Å². The first-order valence-electron chi connectivity index (χ1n) is 5.92. The van der Waals surface area contributed by atoms with E-state index in [2.05, 4.69) is 24.6 Å². The summed E-state index contributed by atoms with van der Waals surface area (Å²) in [5.74, 6) is 2.48. The van der Waals surface area contributed by atoms with E-state index >= 15 is 0 Å². The van der Waals surface area contributed by atoms with Crippen LogP contribution in [0.2, 0.25) is 0 Å². The Labute approximate surface area is 110 Å². The van der Waals surface area contributed by atoms with E-state index in [4.69, 9.17) is 11.6 Å². The molecule has 0 unspecified atom stereocenters. The molecule has 3 rings (SSSR count). The molecule has 0 spiro atoms. The number of fused-ring (bicyclic) bond motifs is 1. The zero-order valence-electron chi connectivity index (χ0n) is 10.2. The van der Waals surface area contributed by atoms with Crippen molar-refractivity contribution in [1.29, 1.82) is 0 Å². The Bertz CT molecular complexity index is 565. The van der Waals surface area contributed by atoms with E-state index in [9.17, 15) is 0 Å². The van der Waals surface area contributed by atoms with Crippen LogP contribution in [0.4, 0.5) is 5.82 Å². The summed E-state index contributed by atoms with van der Waals surface area (Å²) >= 11 is 5.85. The summed E-state index contributed by atoms with van der Waals surface area (Å²) in [5, 5.41) is 8.04. The van der Waals surface area contributed by atoms with Crippen LogP contribution in [0.1, 0.15) is 17.1 Å². The molecule has 0 bridgehead atoms. The van der Waals surface area contributed by atoms with Gasteiger partial charge in [-0.15, -0.1) is 21.8 Å². The van der Waals surface area contributed by atoms with Crippen molar-refractivity contribution in [3.8, 4) is 0 Å². The molecule has 0 atom stereocenters. The van der Waals surface area contributed by atoms with Crippen molar-refractivity contribution >= 4 is 17.4 Å². The highest BCUT2D eigenvalue weighted by atomic mass is 35.5. The first-order chi connectivity index (χ1) is 8.78. The molecule has 0 fully saturated rings.